The fourth-order valence-electron chi connectivity index (χ4n) is 4.01. The zero-order valence-electron chi connectivity index (χ0n) is 16.5. The molecule has 3 heterocycles. The first-order valence-corrected chi connectivity index (χ1v) is 12.0. The van der Waals surface area contributed by atoms with E-state index in [2.05, 4.69) is 25.5 Å². The summed E-state index contributed by atoms with van der Waals surface area (Å²) in [5.74, 6) is -0.532. The van der Waals surface area contributed by atoms with Crippen LogP contribution in [0.2, 0.25) is 0 Å². The predicted molar refractivity (Wildman–Crippen MR) is 117 cm³/mol. The monoisotopic (exact) mass is 457 g/mol. The smallest absolute Gasteiger partial charge is 0.408 e. The largest absolute Gasteiger partial charge is 0.420 e. The van der Waals surface area contributed by atoms with Crippen molar-refractivity contribution in [3.05, 3.63) is 70.0 Å². The third kappa shape index (κ3) is 3.54. The minimum Gasteiger partial charge on any atom is -0.408 e. The first-order chi connectivity index (χ1) is 14.9. The van der Waals surface area contributed by atoms with Crippen LogP contribution in [0.4, 0.5) is 5.13 Å². The molecule has 11 heteroatoms. The zero-order valence-corrected chi connectivity index (χ0v) is 18.2. The van der Waals surface area contributed by atoms with Crippen molar-refractivity contribution in [3.8, 4) is 0 Å². The van der Waals surface area contributed by atoms with E-state index < -0.39 is 15.8 Å². The number of hydrogen-bond donors (Lipinski definition) is 2. The number of benzene rings is 2. The number of anilines is 1. The highest BCUT2D eigenvalue weighted by molar-refractivity contribution is 7.93. The van der Waals surface area contributed by atoms with E-state index >= 15 is 0 Å². The average Bonchev–Trinajstić information content (AvgIpc) is 3.38. The molecule has 5 rings (SSSR count). The maximum absolute atomic E-state index is 12.7. The highest BCUT2D eigenvalue weighted by atomic mass is 32.2. The molecule has 0 saturated heterocycles. The molecule has 4 aromatic rings. The Morgan fingerprint density at radius 3 is 2.97 bits per heavy atom. The fourth-order valence-corrected chi connectivity index (χ4v) is 5.69. The van der Waals surface area contributed by atoms with Crippen LogP contribution in [0.5, 0.6) is 0 Å². The Kier molecular flexibility index (Phi) is 4.88. The van der Waals surface area contributed by atoms with Crippen LogP contribution in [0.1, 0.15) is 29.7 Å². The number of hydrogen-bond acceptors (Lipinski definition) is 8. The Morgan fingerprint density at radius 2 is 2.16 bits per heavy atom. The van der Waals surface area contributed by atoms with E-state index in [-0.39, 0.29) is 21.7 Å². The highest BCUT2D eigenvalue weighted by Gasteiger charge is 2.23. The molecular weight excluding hydrogens is 438 g/mol. The van der Waals surface area contributed by atoms with Gasteiger partial charge in [0.2, 0.25) is 5.13 Å². The Bertz CT molecular complexity index is 1420. The Labute approximate surface area is 182 Å². The van der Waals surface area contributed by atoms with Gasteiger partial charge >= 0.3 is 5.76 Å². The molecule has 0 spiro atoms. The molecule has 160 valence electrons. The summed E-state index contributed by atoms with van der Waals surface area (Å²) in [5, 5.41) is 3.54. The lowest BCUT2D eigenvalue weighted by Crippen LogP contribution is -2.27. The molecule has 2 aromatic carbocycles. The molecule has 1 aliphatic heterocycles. The molecule has 0 aliphatic carbocycles. The third-order valence-electron chi connectivity index (χ3n) is 5.50. The van der Waals surface area contributed by atoms with E-state index in [9.17, 15) is 13.2 Å². The second-order valence-corrected chi connectivity index (χ2v) is 9.77. The van der Waals surface area contributed by atoms with Crippen LogP contribution >= 0.6 is 11.5 Å². The number of sulfonamides is 1. The maximum Gasteiger partial charge on any atom is 0.420 e. The van der Waals surface area contributed by atoms with Gasteiger partial charge in [-0.15, -0.1) is 0 Å². The van der Waals surface area contributed by atoms with Crippen molar-refractivity contribution in [2.75, 3.05) is 11.3 Å². The second-order valence-electron chi connectivity index (χ2n) is 7.31. The highest BCUT2D eigenvalue weighted by Crippen LogP contribution is 2.29. The van der Waals surface area contributed by atoms with Gasteiger partial charge in [0.05, 0.1) is 16.5 Å². The molecule has 2 N–H and O–H groups in total. The lowest BCUT2D eigenvalue weighted by Gasteiger charge is -2.24. The molecule has 0 fully saturated rings. The SMILES string of the molecule is CC(c1cccc2c1CNCC2)n1c(=O)oc2cc(S(=O)(=O)Nc3ncns3)ccc21. The number of aromatic nitrogens is 3. The summed E-state index contributed by atoms with van der Waals surface area (Å²) in [7, 11) is -3.88. The van der Waals surface area contributed by atoms with Crippen molar-refractivity contribution >= 4 is 37.8 Å². The van der Waals surface area contributed by atoms with Gasteiger partial charge in [-0.05, 0) is 48.7 Å². The summed E-state index contributed by atoms with van der Waals surface area (Å²) in [4.78, 5) is 16.5. The van der Waals surface area contributed by atoms with Crippen molar-refractivity contribution in [2.24, 2.45) is 0 Å². The van der Waals surface area contributed by atoms with E-state index in [4.69, 9.17) is 4.42 Å². The van der Waals surface area contributed by atoms with E-state index in [1.54, 1.807) is 10.6 Å². The Hall–Kier alpha value is -3.02. The number of oxazole rings is 1. The topological polar surface area (TPSA) is 119 Å². The minimum absolute atomic E-state index is 0.0231. The first-order valence-electron chi connectivity index (χ1n) is 9.70. The number of nitrogens with zero attached hydrogens (tertiary/aromatic N) is 3. The maximum atomic E-state index is 12.7. The van der Waals surface area contributed by atoms with Gasteiger partial charge in [-0.1, -0.05) is 18.2 Å². The quantitative estimate of drug-likeness (QED) is 0.473. The summed E-state index contributed by atoms with van der Waals surface area (Å²) in [6, 6.07) is 10.3. The molecule has 9 nitrogen and oxygen atoms in total. The van der Waals surface area contributed by atoms with Gasteiger partial charge in [-0.2, -0.15) is 4.37 Å². The van der Waals surface area contributed by atoms with Gasteiger partial charge in [0.25, 0.3) is 10.0 Å². The molecule has 31 heavy (non-hydrogen) atoms. The Balaban J connectivity index is 1.56. The summed E-state index contributed by atoms with van der Waals surface area (Å²) < 4.78 is 38.4. The van der Waals surface area contributed by atoms with Crippen molar-refractivity contribution in [1.82, 2.24) is 19.2 Å². The normalized spacial score (nSPS) is 15.0. The van der Waals surface area contributed by atoms with E-state index in [1.165, 1.54) is 29.6 Å². The number of nitrogens with one attached hydrogen (secondary N) is 2. The van der Waals surface area contributed by atoms with E-state index in [0.29, 0.717) is 5.52 Å². The van der Waals surface area contributed by atoms with Crippen LogP contribution in [0.25, 0.3) is 11.1 Å². The number of rotatable bonds is 5. The third-order valence-corrected chi connectivity index (χ3v) is 7.54. The van der Waals surface area contributed by atoms with Gasteiger partial charge in [0.15, 0.2) is 5.58 Å². The summed E-state index contributed by atoms with van der Waals surface area (Å²) in [6.45, 7) is 3.63. The van der Waals surface area contributed by atoms with Crippen molar-refractivity contribution in [2.45, 2.75) is 30.8 Å². The molecule has 2 aromatic heterocycles. The van der Waals surface area contributed by atoms with E-state index in [1.807, 2.05) is 19.1 Å². The minimum atomic E-state index is -3.88. The summed E-state index contributed by atoms with van der Waals surface area (Å²) in [5.41, 5.74) is 4.26. The van der Waals surface area contributed by atoms with Crippen LogP contribution in [0, 0.1) is 0 Å². The molecule has 0 saturated carbocycles. The molecule has 0 bridgehead atoms. The summed E-state index contributed by atoms with van der Waals surface area (Å²) in [6.07, 6.45) is 2.21. The van der Waals surface area contributed by atoms with Gasteiger partial charge in [-0.25, -0.2) is 18.2 Å². The van der Waals surface area contributed by atoms with Gasteiger partial charge in [0, 0.05) is 24.1 Å². The van der Waals surface area contributed by atoms with Crippen molar-refractivity contribution in [3.63, 3.8) is 0 Å². The van der Waals surface area contributed by atoms with Crippen molar-refractivity contribution in [1.29, 1.82) is 0 Å². The van der Waals surface area contributed by atoms with Crippen LogP contribution in [0.15, 0.2) is 56.8 Å². The molecular formula is C20H19N5O4S2. The van der Waals surface area contributed by atoms with Crippen LogP contribution < -0.4 is 15.8 Å². The molecule has 0 amide bonds. The average molecular weight is 458 g/mol. The van der Waals surface area contributed by atoms with Crippen LogP contribution in [0.3, 0.4) is 0 Å². The molecule has 1 aliphatic rings. The molecule has 0 radical (unpaired) electrons. The second kappa shape index (κ2) is 7.59. The first kappa shape index (κ1) is 19.9. The predicted octanol–water partition coefficient (Wildman–Crippen LogP) is 2.50. The molecule has 1 atom stereocenters. The van der Waals surface area contributed by atoms with Crippen LogP contribution in [-0.4, -0.2) is 28.9 Å². The standard InChI is InChI=1S/C20H19N5O4S2/c1-12(15-4-2-3-13-7-8-21-10-16(13)15)25-17-6-5-14(9-18(17)29-20(25)26)31(27,28)24-19-22-11-23-30-19/h2-6,9,11-12,21H,7-8,10H2,1H3,(H,22,23,24). The lowest BCUT2D eigenvalue weighted by atomic mass is 9.92. The van der Waals surface area contributed by atoms with Gasteiger partial charge in [0.1, 0.15) is 6.33 Å². The zero-order chi connectivity index (χ0) is 21.6. The molecule has 1 unspecified atom stereocenters. The lowest BCUT2D eigenvalue weighted by molar-refractivity contribution is 0.486. The number of fused-ring (bicyclic) bond motifs is 2. The van der Waals surface area contributed by atoms with Crippen molar-refractivity contribution < 1.29 is 12.8 Å². The summed E-state index contributed by atoms with van der Waals surface area (Å²) >= 11 is 0.933. The van der Waals surface area contributed by atoms with Gasteiger partial charge < -0.3 is 9.73 Å². The fraction of sp³-hybridized carbons (Fsp3) is 0.250. The Morgan fingerprint density at radius 1 is 1.29 bits per heavy atom. The van der Waals surface area contributed by atoms with Gasteiger partial charge in [-0.3, -0.25) is 9.29 Å². The van der Waals surface area contributed by atoms with Crippen LogP contribution in [-0.2, 0) is 23.0 Å². The van der Waals surface area contributed by atoms with E-state index in [0.717, 1.165) is 36.6 Å².